The van der Waals surface area contributed by atoms with Crippen LogP contribution in [0.15, 0.2) is 95.0 Å². The maximum absolute atomic E-state index is 13.9. The highest BCUT2D eigenvalue weighted by molar-refractivity contribution is 7.89. The Morgan fingerprint density at radius 3 is 2.21 bits per heavy atom. The van der Waals surface area contributed by atoms with Crippen molar-refractivity contribution in [3.8, 4) is 11.8 Å². The Bertz CT molecular complexity index is 1400. The number of sulfonamides is 1. The number of hydrogen-bond acceptors (Lipinski definition) is 6. The van der Waals surface area contributed by atoms with Gasteiger partial charge in [0.25, 0.3) is 0 Å². The Balaban J connectivity index is 1.93. The van der Waals surface area contributed by atoms with Crippen LogP contribution in [0.5, 0.6) is 5.75 Å². The number of carbonyl (C=O) groups is 1. The predicted octanol–water partition coefficient (Wildman–Crippen LogP) is 4.08. The number of halogens is 1. The van der Waals surface area contributed by atoms with Crippen LogP contribution in [-0.4, -0.2) is 31.7 Å². The number of carbonyl (C=O) groups excluding carboxylic acids is 1. The lowest BCUT2D eigenvalue weighted by Gasteiger charge is -2.30. The van der Waals surface area contributed by atoms with Crippen LogP contribution in [0.2, 0.25) is 5.02 Å². The minimum atomic E-state index is -4.30. The zero-order valence-electron chi connectivity index (χ0n) is 18.1. The first-order chi connectivity index (χ1) is 16.3. The molecule has 0 saturated heterocycles. The van der Waals surface area contributed by atoms with Crippen LogP contribution in [0.1, 0.15) is 22.0 Å². The minimum Gasteiger partial charge on any atom is -0.497 e. The lowest BCUT2D eigenvalue weighted by Crippen LogP contribution is -2.45. The number of nitrogens with zero attached hydrogens (tertiary/aromatic N) is 2. The standard InChI is InChI=1S/C25H20ClN3O4S/c1-33-19-11-7-16(8-12-19)23-21(15-27)22(28)24(25(30)17-5-3-2-4-6-17)29(23)34(31,32)20-13-9-18(26)10-14-20/h2-14,23-24H,28H2,1H3/t23-,24+/m0/s1. The lowest BCUT2D eigenvalue weighted by molar-refractivity contribution is 0.0918. The zero-order chi connectivity index (χ0) is 24.5. The van der Waals surface area contributed by atoms with Gasteiger partial charge in [0.05, 0.1) is 35.4 Å². The number of rotatable bonds is 6. The Morgan fingerprint density at radius 1 is 1.03 bits per heavy atom. The molecule has 0 saturated carbocycles. The van der Waals surface area contributed by atoms with Crippen LogP contribution in [0.25, 0.3) is 0 Å². The van der Waals surface area contributed by atoms with E-state index in [1.165, 1.54) is 31.4 Å². The summed E-state index contributed by atoms with van der Waals surface area (Å²) >= 11 is 5.96. The molecule has 34 heavy (non-hydrogen) atoms. The zero-order valence-corrected chi connectivity index (χ0v) is 19.6. The lowest BCUT2D eigenvalue weighted by atomic mass is 10.00. The maximum atomic E-state index is 13.9. The van der Waals surface area contributed by atoms with Crippen molar-refractivity contribution in [1.29, 1.82) is 5.26 Å². The number of hydrogen-bond donors (Lipinski definition) is 1. The number of ether oxygens (including phenoxy) is 1. The second-order valence-corrected chi connectivity index (χ2v) is 9.86. The highest BCUT2D eigenvalue weighted by atomic mass is 35.5. The van der Waals surface area contributed by atoms with Gasteiger partial charge in [-0.1, -0.05) is 54.1 Å². The Morgan fingerprint density at radius 2 is 1.65 bits per heavy atom. The van der Waals surface area contributed by atoms with E-state index in [2.05, 4.69) is 0 Å². The van der Waals surface area contributed by atoms with Crippen molar-refractivity contribution in [3.63, 3.8) is 0 Å². The van der Waals surface area contributed by atoms with E-state index in [1.54, 1.807) is 54.6 Å². The molecule has 9 heteroatoms. The molecule has 0 aromatic heterocycles. The summed E-state index contributed by atoms with van der Waals surface area (Å²) in [5, 5.41) is 10.3. The van der Waals surface area contributed by atoms with Gasteiger partial charge in [-0.3, -0.25) is 4.79 Å². The summed E-state index contributed by atoms with van der Waals surface area (Å²) in [5.74, 6) is 0.0284. The van der Waals surface area contributed by atoms with Gasteiger partial charge in [-0.25, -0.2) is 8.42 Å². The van der Waals surface area contributed by atoms with E-state index in [1.807, 2.05) is 6.07 Å². The van der Waals surface area contributed by atoms with Gasteiger partial charge >= 0.3 is 0 Å². The molecule has 1 aliphatic rings. The number of ketones is 1. The van der Waals surface area contributed by atoms with Crippen LogP contribution < -0.4 is 10.5 Å². The Kier molecular flexibility index (Phi) is 6.44. The fraction of sp³-hybridized carbons (Fsp3) is 0.120. The molecule has 1 heterocycles. The number of methoxy groups -OCH3 is 1. The first-order valence-electron chi connectivity index (χ1n) is 10.2. The van der Waals surface area contributed by atoms with Crippen LogP contribution >= 0.6 is 11.6 Å². The van der Waals surface area contributed by atoms with Crippen molar-refractivity contribution >= 4 is 27.4 Å². The highest BCUT2D eigenvalue weighted by Crippen LogP contribution is 2.44. The molecule has 4 rings (SSSR count). The molecular formula is C25H20ClN3O4S. The van der Waals surface area contributed by atoms with E-state index in [-0.39, 0.29) is 21.7 Å². The van der Waals surface area contributed by atoms with Crippen LogP contribution in [0, 0.1) is 11.3 Å². The van der Waals surface area contributed by atoms with Crippen LogP contribution in [-0.2, 0) is 10.0 Å². The van der Waals surface area contributed by atoms with E-state index >= 15 is 0 Å². The third-order valence-corrected chi connectivity index (χ3v) is 7.73. The van der Waals surface area contributed by atoms with Gasteiger partial charge in [0, 0.05) is 10.6 Å². The fourth-order valence-electron chi connectivity index (χ4n) is 3.97. The first-order valence-corrected chi connectivity index (χ1v) is 12.0. The summed E-state index contributed by atoms with van der Waals surface area (Å²) < 4.78 is 34.1. The maximum Gasteiger partial charge on any atom is 0.245 e. The largest absolute Gasteiger partial charge is 0.497 e. The normalized spacial score (nSPS) is 18.5. The van der Waals surface area contributed by atoms with Crippen molar-refractivity contribution in [2.24, 2.45) is 5.73 Å². The van der Waals surface area contributed by atoms with Crippen molar-refractivity contribution in [1.82, 2.24) is 4.31 Å². The second-order valence-electron chi connectivity index (χ2n) is 7.58. The number of nitrogens with two attached hydrogens (primary N) is 1. The van der Waals surface area contributed by atoms with Gasteiger partial charge in [0.1, 0.15) is 11.8 Å². The average molecular weight is 494 g/mol. The van der Waals surface area contributed by atoms with E-state index in [0.29, 0.717) is 16.3 Å². The van der Waals surface area contributed by atoms with E-state index < -0.39 is 27.9 Å². The van der Waals surface area contributed by atoms with Gasteiger partial charge in [-0.2, -0.15) is 9.57 Å². The van der Waals surface area contributed by atoms with Crippen molar-refractivity contribution in [2.45, 2.75) is 17.0 Å². The summed E-state index contributed by atoms with van der Waals surface area (Å²) in [7, 11) is -2.79. The van der Waals surface area contributed by atoms with Gasteiger partial charge in [0.15, 0.2) is 5.78 Å². The summed E-state index contributed by atoms with van der Waals surface area (Å²) in [4.78, 5) is 13.5. The van der Waals surface area contributed by atoms with Gasteiger partial charge < -0.3 is 10.5 Å². The van der Waals surface area contributed by atoms with Crippen molar-refractivity contribution in [3.05, 3.63) is 106 Å². The highest BCUT2D eigenvalue weighted by Gasteiger charge is 2.50. The van der Waals surface area contributed by atoms with Crippen LogP contribution in [0.3, 0.4) is 0 Å². The van der Waals surface area contributed by atoms with Crippen LogP contribution in [0.4, 0.5) is 0 Å². The van der Waals surface area contributed by atoms with E-state index in [0.717, 1.165) is 4.31 Å². The number of benzene rings is 3. The molecule has 0 radical (unpaired) electrons. The molecule has 7 nitrogen and oxygen atoms in total. The molecule has 0 amide bonds. The minimum absolute atomic E-state index is 0.00279. The summed E-state index contributed by atoms with van der Waals surface area (Å²) in [6.45, 7) is 0. The summed E-state index contributed by atoms with van der Waals surface area (Å²) in [6, 6.07) is 20.0. The molecule has 1 aliphatic heterocycles. The smallest absolute Gasteiger partial charge is 0.245 e. The SMILES string of the molecule is COc1ccc([C@H]2C(C#N)=C(N)[C@H](C(=O)c3ccccc3)N2S(=O)(=O)c2ccc(Cl)cc2)cc1. The van der Waals surface area contributed by atoms with Crippen molar-refractivity contribution < 1.29 is 17.9 Å². The molecule has 2 atom stereocenters. The molecule has 0 fully saturated rings. The Hall–Kier alpha value is -3.64. The van der Waals surface area contributed by atoms with Crippen molar-refractivity contribution in [2.75, 3.05) is 7.11 Å². The summed E-state index contributed by atoms with van der Waals surface area (Å²) in [5.41, 5.74) is 6.98. The molecule has 0 unspecified atom stereocenters. The monoisotopic (exact) mass is 493 g/mol. The van der Waals surface area contributed by atoms with Gasteiger partial charge in [-0.15, -0.1) is 0 Å². The summed E-state index contributed by atoms with van der Waals surface area (Å²) in [6.07, 6.45) is 0. The van der Waals surface area contributed by atoms with Gasteiger partial charge in [0.2, 0.25) is 10.0 Å². The molecule has 0 spiro atoms. The molecule has 3 aromatic carbocycles. The third-order valence-electron chi connectivity index (χ3n) is 5.64. The van der Waals surface area contributed by atoms with E-state index in [9.17, 15) is 18.5 Å². The predicted molar refractivity (Wildman–Crippen MR) is 128 cm³/mol. The first kappa shape index (κ1) is 23.5. The number of nitriles is 1. The quantitative estimate of drug-likeness (QED) is 0.517. The fourth-order valence-corrected chi connectivity index (χ4v) is 5.81. The molecular weight excluding hydrogens is 474 g/mol. The molecule has 172 valence electrons. The molecule has 2 N–H and O–H groups in total. The average Bonchev–Trinajstić information content (AvgIpc) is 3.17. The molecule has 3 aromatic rings. The third kappa shape index (κ3) is 4.05. The molecule has 0 aliphatic carbocycles. The Labute approximate surface area is 202 Å². The van der Waals surface area contributed by atoms with E-state index in [4.69, 9.17) is 22.1 Å². The second kappa shape index (κ2) is 9.31. The van der Waals surface area contributed by atoms with Gasteiger partial charge in [-0.05, 0) is 42.0 Å². The topological polar surface area (TPSA) is 113 Å². The number of Topliss-reactive ketones (excluding diaryl/α,β-unsaturated/α-hetero) is 1. The molecule has 0 bridgehead atoms.